The molecule has 0 heterocycles. The van der Waals surface area contributed by atoms with Gasteiger partial charge in [-0.25, -0.2) is 8.42 Å². The molecular weight excluding hydrogens is 290 g/mol. The third-order valence-electron chi connectivity index (χ3n) is 3.60. The van der Waals surface area contributed by atoms with Crippen molar-refractivity contribution < 1.29 is 13.5 Å². The monoisotopic (exact) mass is 311 g/mol. The minimum Gasteiger partial charge on any atom is -0.395 e. The van der Waals surface area contributed by atoms with E-state index in [1.165, 1.54) is 12.1 Å². The number of nitrogens with two attached hydrogens (primary N) is 1. The minimum atomic E-state index is -3.41. The molecule has 1 aromatic carbocycles. The van der Waals surface area contributed by atoms with Gasteiger partial charge in [0.1, 0.15) is 5.84 Å². The second kappa shape index (κ2) is 6.55. The van der Waals surface area contributed by atoms with Crippen LogP contribution in [-0.2, 0) is 9.84 Å². The number of hydrogen-bond acceptors (Lipinski definition) is 5. The van der Waals surface area contributed by atoms with Crippen molar-refractivity contribution in [1.82, 2.24) is 4.90 Å². The summed E-state index contributed by atoms with van der Waals surface area (Å²) in [5.74, 6) is -0.142. The van der Waals surface area contributed by atoms with Crippen molar-refractivity contribution in [2.75, 3.05) is 25.4 Å². The van der Waals surface area contributed by atoms with Gasteiger partial charge in [0.2, 0.25) is 0 Å². The van der Waals surface area contributed by atoms with E-state index in [0.717, 1.165) is 12.8 Å². The molecule has 1 aliphatic carbocycles. The molecule has 0 amide bonds. The number of sulfone groups is 1. The van der Waals surface area contributed by atoms with Gasteiger partial charge in [-0.3, -0.25) is 10.3 Å². The van der Waals surface area contributed by atoms with Gasteiger partial charge in [0, 0.05) is 24.7 Å². The van der Waals surface area contributed by atoms with Crippen molar-refractivity contribution in [3.63, 3.8) is 0 Å². The van der Waals surface area contributed by atoms with Crippen molar-refractivity contribution in [1.29, 1.82) is 5.41 Å². The maximum absolute atomic E-state index is 12.4. The van der Waals surface area contributed by atoms with Crippen LogP contribution in [0.1, 0.15) is 18.4 Å². The van der Waals surface area contributed by atoms with Crippen LogP contribution in [0, 0.1) is 5.41 Å². The molecule has 6 nitrogen and oxygen atoms in total. The first kappa shape index (κ1) is 15.9. The molecule has 0 radical (unpaired) electrons. The number of amidine groups is 1. The lowest BCUT2D eigenvalue weighted by Crippen LogP contribution is -2.33. The second-order valence-electron chi connectivity index (χ2n) is 5.25. The fourth-order valence-electron chi connectivity index (χ4n) is 2.26. The van der Waals surface area contributed by atoms with Crippen molar-refractivity contribution in [3.8, 4) is 0 Å². The molecule has 0 spiro atoms. The van der Waals surface area contributed by atoms with E-state index in [4.69, 9.17) is 16.2 Å². The minimum absolute atomic E-state index is 0.00482. The van der Waals surface area contributed by atoms with Gasteiger partial charge in [0.05, 0.1) is 17.3 Å². The average molecular weight is 311 g/mol. The third-order valence-corrected chi connectivity index (χ3v) is 5.29. The molecule has 0 bridgehead atoms. The topological polar surface area (TPSA) is 107 Å². The zero-order chi connectivity index (χ0) is 15.5. The Morgan fingerprint density at radius 1 is 1.38 bits per heavy atom. The van der Waals surface area contributed by atoms with Gasteiger partial charge in [0.25, 0.3) is 0 Å². The number of rotatable bonds is 8. The van der Waals surface area contributed by atoms with Gasteiger partial charge in [-0.15, -0.1) is 0 Å². The van der Waals surface area contributed by atoms with Gasteiger partial charge in [-0.1, -0.05) is 12.1 Å². The van der Waals surface area contributed by atoms with Crippen LogP contribution in [0.4, 0.5) is 0 Å². The van der Waals surface area contributed by atoms with Crippen LogP contribution in [0.15, 0.2) is 29.2 Å². The Balaban J connectivity index is 2.07. The van der Waals surface area contributed by atoms with Gasteiger partial charge < -0.3 is 10.8 Å². The number of nitrogen functional groups attached to an aromatic ring is 1. The smallest absolute Gasteiger partial charge is 0.179 e. The Labute approximate surface area is 125 Å². The number of hydrogen-bond donors (Lipinski definition) is 3. The molecule has 1 aromatic rings. The van der Waals surface area contributed by atoms with E-state index in [2.05, 4.69) is 0 Å². The molecule has 2 rings (SSSR count). The Hall–Kier alpha value is -1.44. The molecule has 1 aliphatic rings. The molecule has 4 N–H and O–H groups in total. The van der Waals surface area contributed by atoms with E-state index in [-0.39, 0.29) is 23.1 Å². The van der Waals surface area contributed by atoms with E-state index in [0.29, 0.717) is 24.7 Å². The molecule has 0 saturated heterocycles. The van der Waals surface area contributed by atoms with Crippen LogP contribution in [0.5, 0.6) is 0 Å². The van der Waals surface area contributed by atoms with E-state index in [1.54, 1.807) is 12.1 Å². The molecule has 0 atom stereocenters. The van der Waals surface area contributed by atoms with Crippen LogP contribution in [0.3, 0.4) is 0 Å². The van der Waals surface area contributed by atoms with Gasteiger partial charge in [-0.05, 0) is 25.0 Å². The molecule has 0 unspecified atom stereocenters. The van der Waals surface area contributed by atoms with Crippen LogP contribution in [0.2, 0.25) is 0 Å². The predicted molar refractivity (Wildman–Crippen MR) is 81.2 cm³/mol. The summed E-state index contributed by atoms with van der Waals surface area (Å²) >= 11 is 0. The molecule has 0 aromatic heterocycles. The molecular formula is C14H21N3O3S. The SMILES string of the molecule is N=C(N)c1cccc(S(=O)(=O)CCN(CCO)C2CC2)c1. The molecule has 21 heavy (non-hydrogen) atoms. The summed E-state index contributed by atoms with van der Waals surface area (Å²) in [5, 5.41) is 16.4. The largest absolute Gasteiger partial charge is 0.395 e. The predicted octanol–water partition coefficient (Wildman–Crippen LogP) is 0.201. The number of nitrogens with zero attached hydrogens (tertiary/aromatic N) is 1. The Bertz CT molecular complexity index is 612. The van der Waals surface area contributed by atoms with Crippen molar-refractivity contribution in [2.24, 2.45) is 5.73 Å². The van der Waals surface area contributed by atoms with E-state index >= 15 is 0 Å². The fraction of sp³-hybridized carbons (Fsp3) is 0.500. The summed E-state index contributed by atoms with van der Waals surface area (Å²) in [4.78, 5) is 2.21. The highest BCUT2D eigenvalue weighted by molar-refractivity contribution is 7.91. The van der Waals surface area contributed by atoms with Crippen molar-refractivity contribution in [2.45, 2.75) is 23.8 Å². The maximum Gasteiger partial charge on any atom is 0.179 e. The van der Waals surface area contributed by atoms with Crippen LogP contribution < -0.4 is 5.73 Å². The summed E-state index contributed by atoms with van der Waals surface area (Å²) in [6.45, 7) is 0.960. The van der Waals surface area contributed by atoms with Crippen LogP contribution in [0.25, 0.3) is 0 Å². The Kier molecular flexibility index (Phi) is 4.97. The lowest BCUT2D eigenvalue weighted by Gasteiger charge is -2.20. The molecule has 1 saturated carbocycles. The maximum atomic E-state index is 12.4. The molecule has 1 fully saturated rings. The number of benzene rings is 1. The normalized spacial score (nSPS) is 15.3. The van der Waals surface area contributed by atoms with Crippen molar-refractivity contribution >= 4 is 15.7 Å². The fourth-order valence-corrected chi connectivity index (χ4v) is 3.56. The Morgan fingerprint density at radius 2 is 2.10 bits per heavy atom. The standard InChI is InChI=1S/C14H21N3O3S/c15-14(16)11-2-1-3-13(10-11)21(19,20)9-7-17(6-8-18)12-4-5-12/h1-3,10,12,18H,4-9H2,(H3,15,16). The lowest BCUT2D eigenvalue weighted by molar-refractivity contribution is 0.196. The quantitative estimate of drug-likeness (QED) is 0.469. The summed E-state index contributed by atoms with van der Waals surface area (Å²) in [7, 11) is -3.41. The van der Waals surface area contributed by atoms with Gasteiger partial charge in [-0.2, -0.15) is 0 Å². The zero-order valence-electron chi connectivity index (χ0n) is 11.8. The molecule has 116 valence electrons. The van der Waals surface area contributed by atoms with E-state index < -0.39 is 9.84 Å². The van der Waals surface area contributed by atoms with Crippen LogP contribution in [-0.4, -0.2) is 55.8 Å². The average Bonchev–Trinajstić information content (AvgIpc) is 3.28. The second-order valence-corrected chi connectivity index (χ2v) is 7.36. The highest BCUT2D eigenvalue weighted by atomic mass is 32.2. The Morgan fingerprint density at radius 3 is 2.67 bits per heavy atom. The highest BCUT2D eigenvalue weighted by Gasteiger charge is 2.29. The lowest BCUT2D eigenvalue weighted by atomic mass is 10.2. The summed E-state index contributed by atoms with van der Waals surface area (Å²) < 4.78 is 24.7. The summed E-state index contributed by atoms with van der Waals surface area (Å²) in [5.41, 5.74) is 5.80. The summed E-state index contributed by atoms with van der Waals surface area (Å²) in [6, 6.07) is 6.58. The van der Waals surface area contributed by atoms with Gasteiger partial charge in [0.15, 0.2) is 9.84 Å². The first-order chi connectivity index (χ1) is 9.94. The van der Waals surface area contributed by atoms with E-state index in [9.17, 15) is 8.42 Å². The number of aliphatic hydroxyl groups excluding tert-OH is 1. The zero-order valence-corrected chi connectivity index (χ0v) is 12.6. The van der Waals surface area contributed by atoms with Crippen molar-refractivity contribution in [3.05, 3.63) is 29.8 Å². The third kappa shape index (κ3) is 4.26. The first-order valence-electron chi connectivity index (χ1n) is 6.96. The summed E-state index contributed by atoms with van der Waals surface area (Å²) in [6.07, 6.45) is 2.14. The van der Waals surface area contributed by atoms with Crippen LogP contribution >= 0.6 is 0 Å². The number of aliphatic hydroxyl groups is 1. The first-order valence-corrected chi connectivity index (χ1v) is 8.61. The van der Waals surface area contributed by atoms with E-state index in [1.807, 2.05) is 4.90 Å². The highest BCUT2D eigenvalue weighted by Crippen LogP contribution is 2.26. The number of nitrogens with one attached hydrogen (secondary N) is 1. The van der Waals surface area contributed by atoms with Gasteiger partial charge >= 0.3 is 0 Å². The molecule has 7 heteroatoms. The molecule has 0 aliphatic heterocycles.